The summed E-state index contributed by atoms with van der Waals surface area (Å²) < 4.78 is 10.9. The van der Waals surface area contributed by atoms with Crippen LogP contribution in [-0.2, 0) is 11.3 Å². The third-order valence-corrected chi connectivity index (χ3v) is 5.52. The number of furan rings is 1. The van der Waals surface area contributed by atoms with E-state index in [-0.39, 0.29) is 11.9 Å². The number of methoxy groups -OCH3 is 1. The molecule has 0 fully saturated rings. The van der Waals surface area contributed by atoms with Gasteiger partial charge in [-0.1, -0.05) is 37.3 Å². The average Bonchev–Trinajstić information content (AvgIpc) is 3.49. The van der Waals surface area contributed by atoms with Crippen molar-refractivity contribution < 1.29 is 13.9 Å². The number of benzene rings is 2. The number of carbonyl (C=O) groups is 1. The van der Waals surface area contributed by atoms with Crippen LogP contribution in [0.1, 0.15) is 36.3 Å². The van der Waals surface area contributed by atoms with Crippen molar-refractivity contribution in [3.05, 3.63) is 89.9 Å². The standard InChI is InChI=1S/C25H27N3O3/c1-3-27(17-19-8-5-4-6-9-19)18-25(29)28-23(24-10-7-15-31-24)16-22(26-28)20-11-13-21(30-2)14-12-20/h4-15,23H,3,16-18H2,1-2H3/t23-/m0/s1. The first-order valence-electron chi connectivity index (χ1n) is 10.5. The zero-order valence-corrected chi connectivity index (χ0v) is 17.9. The summed E-state index contributed by atoms with van der Waals surface area (Å²) in [6.07, 6.45) is 2.24. The first-order valence-corrected chi connectivity index (χ1v) is 10.5. The molecule has 1 aliphatic rings. The number of carbonyl (C=O) groups excluding carboxylic acids is 1. The summed E-state index contributed by atoms with van der Waals surface area (Å²) in [6, 6.07) is 21.4. The van der Waals surface area contributed by atoms with Gasteiger partial charge in [0.05, 0.1) is 25.6 Å². The molecule has 0 saturated heterocycles. The molecule has 0 saturated carbocycles. The maximum atomic E-state index is 13.3. The minimum absolute atomic E-state index is 0.0392. The van der Waals surface area contributed by atoms with Gasteiger partial charge in [-0.15, -0.1) is 0 Å². The Bertz CT molecular complexity index is 1010. The van der Waals surface area contributed by atoms with Crippen LogP contribution in [0.25, 0.3) is 0 Å². The minimum Gasteiger partial charge on any atom is -0.497 e. The summed E-state index contributed by atoms with van der Waals surface area (Å²) in [6.45, 7) is 3.85. The Balaban J connectivity index is 1.54. The van der Waals surface area contributed by atoms with Crippen LogP contribution in [0.3, 0.4) is 0 Å². The molecule has 4 rings (SSSR count). The van der Waals surface area contributed by atoms with E-state index in [1.54, 1.807) is 18.4 Å². The molecule has 0 bridgehead atoms. The van der Waals surface area contributed by atoms with Crippen LogP contribution in [-0.4, -0.2) is 41.7 Å². The van der Waals surface area contributed by atoms with Gasteiger partial charge in [0.15, 0.2) is 0 Å². The number of hydrogen-bond donors (Lipinski definition) is 0. The summed E-state index contributed by atoms with van der Waals surface area (Å²) in [5.74, 6) is 1.49. The molecule has 6 nitrogen and oxygen atoms in total. The second kappa shape index (κ2) is 9.62. The van der Waals surface area contributed by atoms with Crippen molar-refractivity contribution >= 4 is 11.6 Å². The Labute approximate surface area is 182 Å². The Morgan fingerprint density at radius 2 is 1.90 bits per heavy atom. The van der Waals surface area contributed by atoms with Crippen molar-refractivity contribution in [2.45, 2.75) is 25.9 Å². The molecule has 1 amide bonds. The highest BCUT2D eigenvalue weighted by atomic mass is 16.5. The minimum atomic E-state index is -0.241. The van der Waals surface area contributed by atoms with Gasteiger partial charge >= 0.3 is 0 Å². The molecule has 1 aromatic heterocycles. The van der Waals surface area contributed by atoms with Crippen LogP contribution in [0, 0.1) is 0 Å². The molecule has 0 aliphatic carbocycles. The molecule has 1 aliphatic heterocycles. The van der Waals surface area contributed by atoms with Crippen LogP contribution in [0.2, 0.25) is 0 Å². The van der Waals surface area contributed by atoms with E-state index in [0.29, 0.717) is 13.0 Å². The van der Waals surface area contributed by atoms with Crippen LogP contribution in [0.4, 0.5) is 0 Å². The lowest BCUT2D eigenvalue weighted by Gasteiger charge is -2.25. The lowest BCUT2D eigenvalue weighted by Crippen LogP contribution is -2.37. The molecule has 31 heavy (non-hydrogen) atoms. The molecule has 6 heteroatoms. The Morgan fingerprint density at radius 3 is 2.55 bits per heavy atom. The molecule has 0 N–H and O–H groups in total. The number of ether oxygens (including phenoxy) is 1. The van der Waals surface area contributed by atoms with Crippen LogP contribution < -0.4 is 4.74 Å². The summed E-state index contributed by atoms with van der Waals surface area (Å²) in [5, 5.41) is 6.31. The van der Waals surface area contributed by atoms with Crippen molar-refractivity contribution in [2.75, 3.05) is 20.2 Å². The highest BCUT2D eigenvalue weighted by molar-refractivity contribution is 6.03. The largest absolute Gasteiger partial charge is 0.497 e. The lowest BCUT2D eigenvalue weighted by atomic mass is 10.0. The number of hydrazone groups is 1. The number of rotatable bonds is 8. The second-order valence-electron chi connectivity index (χ2n) is 7.54. The quantitative estimate of drug-likeness (QED) is 0.542. The maximum absolute atomic E-state index is 13.3. The smallest absolute Gasteiger partial charge is 0.257 e. The van der Waals surface area contributed by atoms with E-state index in [2.05, 4.69) is 24.0 Å². The number of amides is 1. The predicted molar refractivity (Wildman–Crippen MR) is 120 cm³/mol. The molecule has 2 aromatic carbocycles. The van der Waals surface area contributed by atoms with E-state index in [9.17, 15) is 4.79 Å². The molecule has 1 atom stereocenters. The fraction of sp³-hybridized carbons (Fsp3) is 0.280. The molecule has 2 heterocycles. The molecule has 160 valence electrons. The summed E-state index contributed by atoms with van der Waals surface area (Å²) in [4.78, 5) is 15.4. The SMILES string of the molecule is CCN(CC(=O)N1N=C(c2ccc(OC)cc2)C[C@H]1c1ccco1)Cc1ccccc1. The molecular formula is C25H27N3O3. The molecule has 0 radical (unpaired) electrons. The fourth-order valence-electron chi connectivity index (χ4n) is 3.79. The van der Waals surface area contributed by atoms with E-state index in [4.69, 9.17) is 14.3 Å². The van der Waals surface area contributed by atoms with Gasteiger partial charge < -0.3 is 9.15 Å². The Morgan fingerprint density at radius 1 is 1.13 bits per heavy atom. The van der Waals surface area contributed by atoms with Gasteiger partial charge in [0.1, 0.15) is 17.6 Å². The summed E-state index contributed by atoms with van der Waals surface area (Å²) in [7, 11) is 1.64. The second-order valence-corrected chi connectivity index (χ2v) is 7.54. The third-order valence-electron chi connectivity index (χ3n) is 5.52. The molecule has 0 unspecified atom stereocenters. The van der Waals surface area contributed by atoms with E-state index >= 15 is 0 Å². The van der Waals surface area contributed by atoms with Crippen molar-refractivity contribution in [1.29, 1.82) is 0 Å². The van der Waals surface area contributed by atoms with Crippen molar-refractivity contribution in [3.8, 4) is 5.75 Å². The predicted octanol–water partition coefficient (Wildman–Crippen LogP) is 4.49. The average molecular weight is 418 g/mol. The summed E-state index contributed by atoms with van der Waals surface area (Å²) >= 11 is 0. The van der Waals surface area contributed by atoms with Gasteiger partial charge in [0, 0.05) is 13.0 Å². The normalized spacial score (nSPS) is 15.9. The van der Waals surface area contributed by atoms with Crippen LogP contribution in [0.15, 0.2) is 82.5 Å². The van der Waals surface area contributed by atoms with E-state index in [0.717, 1.165) is 35.9 Å². The zero-order valence-electron chi connectivity index (χ0n) is 17.9. The topological polar surface area (TPSA) is 58.3 Å². The van der Waals surface area contributed by atoms with E-state index < -0.39 is 0 Å². The van der Waals surface area contributed by atoms with Crippen LogP contribution >= 0.6 is 0 Å². The third kappa shape index (κ3) is 4.86. The highest BCUT2D eigenvalue weighted by Gasteiger charge is 2.35. The zero-order chi connectivity index (χ0) is 21.6. The van der Waals surface area contributed by atoms with Crippen molar-refractivity contribution in [3.63, 3.8) is 0 Å². The molecule has 3 aromatic rings. The molecular weight excluding hydrogens is 390 g/mol. The fourth-order valence-corrected chi connectivity index (χ4v) is 3.79. The number of hydrogen-bond acceptors (Lipinski definition) is 5. The first-order chi connectivity index (χ1) is 15.2. The monoisotopic (exact) mass is 417 g/mol. The number of likely N-dealkylation sites (N-methyl/N-ethyl adjacent to an activating group) is 1. The maximum Gasteiger partial charge on any atom is 0.257 e. The summed E-state index contributed by atoms with van der Waals surface area (Å²) in [5.41, 5.74) is 3.02. The Kier molecular flexibility index (Phi) is 6.48. The highest BCUT2D eigenvalue weighted by Crippen LogP contribution is 2.33. The van der Waals surface area contributed by atoms with E-state index in [1.165, 1.54) is 5.56 Å². The first kappa shape index (κ1) is 20.9. The molecule has 0 spiro atoms. The Hall–Kier alpha value is -3.38. The van der Waals surface area contributed by atoms with Gasteiger partial charge in [-0.2, -0.15) is 5.10 Å². The van der Waals surface area contributed by atoms with Gasteiger partial charge in [0.25, 0.3) is 5.91 Å². The number of nitrogens with zero attached hydrogens (tertiary/aromatic N) is 3. The van der Waals surface area contributed by atoms with E-state index in [1.807, 2.05) is 54.6 Å². The van der Waals surface area contributed by atoms with Crippen molar-refractivity contribution in [2.24, 2.45) is 5.10 Å². The van der Waals surface area contributed by atoms with Crippen LogP contribution in [0.5, 0.6) is 5.75 Å². The van der Waals surface area contributed by atoms with Gasteiger partial charge in [0.2, 0.25) is 0 Å². The van der Waals surface area contributed by atoms with Gasteiger partial charge in [-0.25, -0.2) is 5.01 Å². The van der Waals surface area contributed by atoms with Gasteiger partial charge in [-0.05, 0) is 54.1 Å². The lowest BCUT2D eigenvalue weighted by molar-refractivity contribution is -0.134. The van der Waals surface area contributed by atoms with Crippen molar-refractivity contribution in [1.82, 2.24) is 9.91 Å². The van der Waals surface area contributed by atoms with Gasteiger partial charge in [-0.3, -0.25) is 9.69 Å².